The molecule has 20 heavy (non-hydrogen) atoms. The van der Waals surface area contributed by atoms with E-state index >= 15 is 0 Å². The third kappa shape index (κ3) is 2.87. The van der Waals surface area contributed by atoms with Gasteiger partial charge in [-0.1, -0.05) is 0 Å². The van der Waals surface area contributed by atoms with Gasteiger partial charge in [0, 0.05) is 24.0 Å². The first-order valence-corrected chi connectivity index (χ1v) is 5.47. The van der Waals surface area contributed by atoms with Crippen molar-refractivity contribution in [3.05, 3.63) is 53.5 Å². The Kier molecular flexibility index (Phi) is 3.88. The predicted octanol–water partition coefficient (Wildman–Crippen LogP) is 3.03. The zero-order chi connectivity index (χ0) is 14.7. The number of methoxy groups -OCH3 is 1. The number of nitrogens with zero attached hydrogens (tertiary/aromatic N) is 1. The molecular weight excluding hydrogens is 273 g/mol. The molecule has 0 aliphatic heterocycles. The Hall–Kier alpha value is -2.57. The molecule has 0 saturated carbocycles. The van der Waals surface area contributed by atoms with Gasteiger partial charge in [-0.25, -0.2) is 22.9 Å². The highest BCUT2D eigenvalue weighted by atomic mass is 19.2. The zero-order valence-corrected chi connectivity index (χ0v) is 10.3. The lowest BCUT2D eigenvalue weighted by Gasteiger charge is -2.07. The van der Waals surface area contributed by atoms with E-state index in [1.165, 1.54) is 25.4 Å². The van der Waals surface area contributed by atoms with Crippen molar-refractivity contribution in [3.8, 4) is 0 Å². The quantitative estimate of drug-likeness (QED) is 0.694. The minimum atomic E-state index is -1.55. The molecule has 0 aliphatic rings. The summed E-state index contributed by atoms with van der Waals surface area (Å²) in [6.45, 7) is 0. The summed E-state index contributed by atoms with van der Waals surface area (Å²) in [5.41, 5.74) is 0.184. The molecule has 1 aromatic heterocycles. The Balaban J connectivity index is 2.28. The van der Waals surface area contributed by atoms with Crippen molar-refractivity contribution in [1.29, 1.82) is 0 Å². The normalized spacial score (nSPS) is 10.2. The molecule has 4 nitrogen and oxygen atoms in total. The smallest absolute Gasteiger partial charge is 0.338 e. The van der Waals surface area contributed by atoms with Crippen molar-refractivity contribution in [2.24, 2.45) is 0 Å². The number of halogens is 3. The molecule has 0 spiro atoms. The Bertz CT molecular complexity index is 639. The summed E-state index contributed by atoms with van der Waals surface area (Å²) in [5, 5.41) is 2.57. The summed E-state index contributed by atoms with van der Waals surface area (Å²) in [6.07, 6.45) is 1.32. The fourth-order valence-corrected chi connectivity index (χ4v) is 1.52. The topological polar surface area (TPSA) is 51.2 Å². The van der Waals surface area contributed by atoms with Crippen LogP contribution in [0.25, 0.3) is 0 Å². The number of esters is 1. The maximum atomic E-state index is 13.1. The average Bonchev–Trinajstić information content (AvgIpc) is 2.44. The van der Waals surface area contributed by atoms with Crippen molar-refractivity contribution in [3.63, 3.8) is 0 Å². The third-order valence-corrected chi connectivity index (χ3v) is 2.44. The van der Waals surface area contributed by atoms with E-state index in [1.54, 1.807) is 0 Å². The number of anilines is 2. The van der Waals surface area contributed by atoms with Crippen LogP contribution in [0.2, 0.25) is 0 Å². The van der Waals surface area contributed by atoms with Gasteiger partial charge >= 0.3 is 5.97 Å². The molecule has 0 saturated heterocycles. The van der Waals surface area contributed by atoms with Crippen LogP contribution < -0.4 is 5.32 Å². The van der Waals surface area contributed by atoms with Crippen LogP contribution in [0.15, 0.2) is 30.5 Å². The standard InChI is InChI=1S/C13H9F3N2O2/c1-20-13(19)7-2-3-17-11(4-7)18-8-5-9(14)12(16)10(15)6-8/h2-6H,1H3,(H,17,18). The Morgan fingerprint density at radius 2 is 1.85 bits per heavy atom. The van der Waals surface area contributed by atoms with Gasteiger partial charge < -0.3 is 10.1 Å². The first-order valence-electron chi connectivity index (χ1n) is 5.47. The number of carbonyl (C=O) groups is 1. The number of ether oxygens (including phenoxy) is 1. The van der Waals surface area contributed by atoms with Gasteiger partial charge in [0.05, 0.1) is 12.7 Å². The van der Waals surface area contributed by atoms with Crippen molar-refractivity contribution in [2.45, 2.75) is 0 Å². The monoisotopic (exact) mass is 282 g/mol. The molecule has 0 aliphatic carbocycles. The lowest BCUT2D eigenvalue weighted by Crippen LogP contribution is -2.03. The number of aromatic nitrogens is 1. The fraction of sp³-hybridized carbons (Fsp3) is 0.0769. The van der Waals surface area contributed by atoms with Gasteiger partial charge in [-0.3, -0.25) is 0 Å². The molecule has 2 rings (SSSR count). The molecule has 0 atom stereocenters. The summed E-state index contributed by atoms with van der Waals surface area (Å²) in [4.78, 5) is 15.2. The fourth-order valence-electron chi connectivity index (χ4n) is 1.52. The molecule has 0 bridgehead atoms. The van der Waals surface area contributed by atoms with Crippen molar-refractivity contribution in [1.82, 2.24) is 4.98 Å². The molecule has 104 valence electrons. The van der Waals surface area contributed by atoms with E-state index in [9.17, 15) is 18.0 Å². The van der Waals surface area contributed by atoms with Gasteiger partial charge in [0.25, 0.3) is 0 Å². The van der Waals surface area contributed by atoms with Crippen LogP contribution in [-0.4, -0.2) is 18.1 Å². The van der Waals surface area contributed by atoms with Crippen LogP contribution in [0, 0.1) is 17.5 Å². The molecule has 1 aromatic carbocycles. The van der Waals surface area contributed by atoms with Gasteiger partial charge in [-0.15, -0.1) is 0 Å². The number of nitrogens with one attached hydrogen (secondary N) is 1. The minimum Gasteiger partial charge on any atom is -0.465 e. The third-order valence-electron chi connectivity index (χ3n) is 2.44. The molecule has 0 radical (unpaired) electrons. The highest BCUT2D eigenvalue weighted by molar-refractivity contribution is 5.90. The van der Waals surface area contributed by atoms with E-state index in [-0.39, 0.29) is 17.1 Å². The average molecular weight is 282 g/mol. The molecule has 0 fully saturated rings. The first kappa shape index (κ1) is 13.9. The van der Waals surface area contributed by atoms with Crippen LogP contribution in [0.5, 0.6) is 0 Å². The number of benzene rings is 1. The lowest BCUT2D eigenvalue weighted by atomic mass is 10.2. The largest absolute Gasteiger partial charge is 0.465 e. The Morgan fingerprint density at radius 1 is 1.20 bits per heavy atom. The highest BCUT2D eigenvalue weighted by Gasteiger charge is 2.12. The maximum Gasteiger partial charge on any atom is 0.338 e. The second-order valence-corrected chi connectivity index (χ2v) is 3.80. The number of pyridine rings is 1. The molecule has 7 heteroatoms. The van der Waals surface area contributed by atoms with Crippen molar-refractivity contribution >= 4 is 17.5 Å². The Labute approximate surface area is 112 Å². The van der Waals surface area contributed by atoms with Gasteiger partial charge in [0.2, 0.25) is 0 Å². The minimum absolute atomic E-state index is 0.0316. The number of hydrogen-bond donors (Lipinski definition) is 1. The first-order chi connectivity index (χ1) is 9.51. The molecule has 0 unspecified atom stereocenters. The van der Waals surface area contributed by atoms with E-state index in [0.717, 1.165) is 12.1 Å². The van der Waals surface area contributed by atoms with E-state index in [1.807, 2.05) is 0 Å². The van der Waals surface area contributed by atoms with Crippen molar-refractivity contribution in [2.75, 3.05) is 12.4 Å². The second-order valence-electron chi connectivity index (χ2n) is 3.80. The van der Waals surface area contributed by atoms with E-state index in [2.05, 4.69) is 15.0 Å². The summed E-state index contributed by atoms with van der Waals surface area (Å²) in [7, 11) is 1.22. The van der Waals surface area contributed by atoms with Gasteiger partial charge in [0.15, 0.2) is 17.5 Å². The Morgan fingerprint density at radius 3 is 2.45 bits per heavy atom. The van der Waals surface area contributed by atoms with Crippen LogP contribution in [0.3, 0.4) is 0 Å². The number of carbonyl (C=O) groups excluding carboxylic acids is 1. The zero-order valence-electron chi connectivity index (χ0n) is 10.3. The van der Waals surface area contributed by atoms with Crippen LogP contribution in [0.1, 0.15) is 10.4 Å². The summed E-state index contributed by atoms with van der Waals surface area (Å²) >= 11 is 0. The molecular formula is C13H9F3N2O2. The summed E-state index contributed by atoms with van der Waals surface area (Å²) in [5.74, 6) is -4.61. The van der Waals surface area contributed by atoms with E-state index in [4.69, 9.17) is 0 Å². The van der Waals surface area contributed by atoms with E-state index in [0.29, 0.717) is 0 Å². The summed E-state index contributed by atoms with van der Waals surface area (Å²) < 4.78 is 43.5. The van der Waals surface area contributed by atoms with Crippen molar-refractivity contribution < 1.29 is 22.7 Å². The van der Waals surface area contributed by atoms with Gasteiger partial charge in [-0.05, 0) is 12.1 Å². The van der Waals surface area contributed by atoms with Crippen LogP contribution in [0.4, 0.5) is 24.7 Å². The van der Waals surface area contributed by atoms with E-state index < -0.39 is 23.4 Å². The van der Waals surface area contributed by atoms with Gasteiger partial charge in [0.1, 0.15) is 5.82 Å². The predicted molar refractivity (Wildman–Crippen MR) is 65.2 cm³/mol. The molecule has 0 amide bonds. The van der Waals surface area contributed by atoms with Crippen LogP contribution >= 0.6 is 0 Å². The van der Waals surface area contributed by atoms with Crippen LogP contribution in [-0.2, 0) is 4.74 Å². The number of hydrogen-bond acceptors (Lipinski definition) is 4. The highest BCUT2D eigenvalue weighted by Crippen LogP contribution is 2.21. The number of rotatable bonds is 3. The lowest BCUT2D eigenvalue weighted by molar-refractivity contribution is 0.0600. The maximum absolute atomic E-state index is 13.1. The molecule has 1 N–H and O–H groups in total. The summed E-state index contributed by atoms with van der Waals surface area (Å²) in [6, 6.07) is 4.32. The SMILES string of the molecule is COC(=O)c1ccnc(Nc2cc(F)c(F)c(F)c2)c1. The second kappa shape index (κ2) is 5.60. The molecule has 2 aromatic rings. The molecule has 1 heterocycles. The van der Waals surface area contributed by atoms with Gasteiger partial charge in [-0.2, -0.15) is 0 Å².